The molecule has 94 valence electrons. The predicted molar refractivity (Wildman–Crippen MR) is 76.0 cm³/mol. The summed E-state index contributed by atoms with van der Waals surface area (Å²) < 4.78 is 4.87. The highest BCUT2D eigenvalue weighted by molar-refractivity contribution is 7.99. The van der Waals surface area contributed by atoms with Crippen molar-refractivity contribution in [3.8, 4) is 11.3 Å². The van der Waals surface area contributed by atoms with Crippen molar-refractivity contribution in [1.82, 2.24) is 5.16 Å². The summed E-state index contributed by atoms with van der Waals surface area (Å²) in [4.78, 5) is 0. The minimum atomic E-state index is 0.317. The van der Waals surface area contributed by atoms with Crippen molar-refractivity contribution in [2.45, 2.75) is 12.3 Å². The molecule has 2 N–H and O–H groups in total. The number of nitrogen functional groups attached to an aromatic ring is 1. The fourth-order valence-electron chi connectivity index (χ4n) is 2.22. The zero-order valence-corrected chi connectivity index (χ0v) is 11.3. The lowest BCUT2D eigenvalue weighted by molar-refractivity contribution is 0.439. The Labute approximate surface area is 115 Å². The van der Waals surface area contributed by atoms with Crippen LogP contribution in [0.3, 0.4) is 0 Å². The number of hydrogen-bond acceptors (Lipinski definition) is 4. The van der Waals surface area contributed by atoms with E-state index in [1.807, 2.05) is 23.9 Å². The predicted octanol–water partition coefficient (Wildman–Crippen LogP) is 3.80. The zero-order chi connectivity index (χ0) is 12.5. The molecule has 2 aromatic rings. The number of aromatic nitrogens is 1. The molecule has 5 heteroatoms. The van der Waals surface area contributed by atoms with Gasteiger partial charge in [0, 0.05) is 22.4 Å². The van der Waals surface area contributed by atoms with Crippen LogP contribution in [0, 0.1) is 0 Å². The molecule has 3 rings (SSSR count). The molecule has 1 aliphatic heterocycles. The molecule has 0 amide bonds. The van der Waals surface area contributed by atoms with Gasteiger partial charge in [-0.1, -0.05) is 28.9 Å². The van der Waals surface area contributed by atoms with Crippen LogP contribution in [0.5, 0.6) is 0 Å². The van der Waals surface area contributed by atoms with Crippen molar-refractivity contribution in [2.75, 3.05) is 17.2 Å². The Morgan fingerprint density at radius 1 is 1.39 bits per heavy atom. The molecule has 0 aliphatic carbocycles. The highest BCUT2D eigenvalue weighted by Gasteiger charge is 2.20. The molecule has 1 fully saturated rings. The SMILES string of the molecule is Nc1cc(-c2ccc(C3CCSC3)c(Cl)c2)no1. The average molecular weight is 281 g/mol. The molecule has 2 heterocycles. The van der Waals surface area contributed by atoms with Gasteiger partial charge in [0.05, 0.1) is 0 Å². The van der Waals surface area contributed by atoms with Gasteiger partial charge in [0.15, 0.2) is 0 Å². The van der Waals surface area contributed by atoms with Crippen molar-refractivity contribution < 1.29 is 4.52 Å². The summed E-state index contributed by atoms with van der Waals surface area (Å²) in [5.74, 6) is 3.29. The molecule has 1 atom stereocenters. The number of hydrogen-bond donors (Lipinski definition) is 1. The Balaban J connectivity index is 1.93. The Kier molecular flexibility index (Phi) is 3.22. The number of nitrogens with zero attached hydrogens (tertiary/aromatic N) is 1. The third-order valence-corrected chi connectivity index (χ3v) is 4.68. The lowest BCUT2D eigenvalue weighted by Crippen LogP contribution is -1.97. The summed E-state index contributed by atoms with van der Waals surface area (Å²) in [6, 6.07) is 7.77. The molecule has 1 aromatic carbocycles. The van der Waals surface area contributed by atoms with E-state index in [9.17, 15) is 0 Å². The fraction of sp³-hybridized carbons (Fsp3) is 0.308. The van der Waals surface area contributed by atoms with Gasteiger partial charge in [0.25, 0.3) is 0 Å². The maximum Gasteiger partial charge on any atom is 0.222 e. The summed E-state index contributed by atoms with van der Waals surface area (Å²) in [6.07, 6.45) is 1.21. The third kappa shape index (κ3) is 2.22. The van der Waals surface area contributed by atoms with Crippen molar-refractivity contribution >= 4 is 29.2 Å². The molecule has 0 saturated carbocycles. The minimum absolute atomic E-state index is 0.317. The maximum absolute atomic E-state index is 6.37. The number of nitrogens with two attached hydrogens (primary N) is 1. The molecular weight excluding hydrogens is 268 g/mol. The molecule has 0 bridgehead atoms. The zero-order valence-electron chi connectivity index (χ0n) is 9.73. The smallest absolute Gasteiger partial charge is 0.222 e. The number of thioether (sulfide) groups is 1. The van der Waals surface area contributed by atoms with E-state index in [2.05, 4.69) is 11.2 Å². The Morgan fingerprint density at radius 3 is 2.89 bits per heavy atom. The Bertz CT molecular complexity index is 564. The van der Waals surface area contributed by atoms with Crippen LogP contribution in [0.25, 0.3) is 11.3 Å². The van der Waals surface area contributed by atoms with Gasteiger partial charge in [-0.05, 0) is 29.7 Å². The summed E-state index contributed by atoms with van der Waals surface area (Å²) in [5, 5.41) is 4.70. The second-order valence-corrected chi connectivity index (χ2v) is 5.97. The number of anilines is 1. The van der Waals surface area contributed by atoms with E-state index in [0.29, 0.717) is 11.8 Å². The van der Waals surface area contributed by atoms with Crippen LogP contribution < -0.4 is 5.73 Å². The van der Waals surface area contributed by atoms with E-state index in [1.165, 1.54) is 17.7 Å². The summed E-state index contributed by atoms with van der Waals surface area (Å²) in [6.45, 7) is 0. The molecule has 3 nitrogen and oxygen atoms in total. The molecule has 18 heavy (non-hydrogen) atoms. The van der Waals surface area contributed by atoms with Crippen LogP contribution in [0.15, 0.2) is 28.8 Å². The van der Waals surface area contributed by atoms with Crippen LogP contribution in [-0.4, -0.2) is 16.7 Å². The monoisotopic (exact) mass is 280 g/mol. The standard InChI is InChI=1S/C13H13ClN2OS/c14-11-5-8(12-6-13(15)17-16-12)1-2-10(11)9-3-4-18-7-9/h1-2,5-6,9H,3-4,7,15H2. The quantitative estimate of drug-likeness (QED) is 0.909. The molecule has 1 saturated heterocycles. The van der Waals surface area contributed by atoms with Gasteiger partial charge >= 0.3 is 0 Å². The van der Waals surface area contributed by atoms with Gasteiger partial charge < -0.3 is 10.3 Å². The van der Waals surface area contributed by atoms with Crippen LogP contribution in [-0.2, 0) is 0 Å². The summed E-state index contributed by atoms with van der Waals surface area (Å²) in [7, 11) is 0. The first-order chi connectivity index (χ1) is 8.74. The number of benzene rings is 1. The van der Waals surface area contributed by atoms with Gasteiger partial charge in [-0.15, -0.1) is 0 Å². The van der Waals surface area contributed by atoms with E-state index in [1.54, 1.807) is 6.07 Å². The Morgan fingerprint density at radius 2 is 2.28 bits per heavy atom. The first-order valence-corrected chi connectivity index (χ1v) is 7.37. The maximum atomic E-state index is 6.37. The average Bonchev–Trinajstić information content (AvgIpc) is 2.99. The van der Waals surface area contributed by atoms with Crippen molar-refractivity contribution in [1.29, 1.82) is 0 Å². The molecule has 1 aliphatic rings. The second kappa shape index (κ2) is 4.86. The van der Waals surface area contributed by atoms with Crippen LogP contribution in [0.1, 0.15) is 17.9 Å². The van der Waals surface area contributed by atoms with E-state index < -0.39 is 0 Å². The molecule has 1 unspecified atom stereocenters. The van der Waals surface area contributed by atoms with E-state index >= 15 is 0 Å². The van der Waals surface area contributed by atoms with Gasteiger partial charge in [0.2, 0.25) is 5.88 Å². The van der Waals surface area contributed by atoms with Crippen molar-refractivity contribution in [2.24, 2.45) is 0 Å². The molecule has 1 aromatic heterocycles. The number of halogens is 1. The summed E-state index contributed by atoms with van der Waals surface area (Å²) in [5.41, 5.74) is 8.42. The lowest BCUT2D eigenvalue weighted by Gasteiger charge is -2.11. The van der Waals surface area contributed by atoms with Crippen LogP contribution >= 0.6 is 23.4 Å². The van der Waals surface area contributed by atoms with E-state index in [-0.39, 0.29) is 0 Å². The largest absolute Gasteiger partial charge is 0.368 e. The third-order valence-electron chi connectivity index (χ3n) is 3.19. The molecular formula is C13H13ClN2OS. The van der Waals surface area contributed by atoms with Gasteiger partial charge in [-0.25, -0.2) is 0 Å². The van der Waals surface area contributed by atoms with E-state index in [4.69, 9.17) is 21.9 Å². The lowest BCUT2D eigenvalue weighted by atomic mass is 9.97. The van der Waals surface area contributed by atoms with Crippen LogP contribution in [0.4, 0.5) is 5.88 Å². The molecule has 0 spiro atoms. The van der Waals surface area contributed by atoms with Crippen molar-refractivity contribution in [3.63, 3.8) is 0 Å². The van der Waals surface area contributed by atoms with Gasteiger partial charge in [0.1, 0.15) is 5.69 Å². The van der Waals surface area contributed by atoms with E-state index in [0.717, 1.165) is 22.0 Å². The minimum Gasteiger partial charge on any atom is -0.368 e. The highest BCUT2D eigenvalue weighted by Crippen LogP contribution is 2.37. The van der Waals surface area contributed by atoms with Gasteiger partial charge in [-0.3, -0.25) is 0 Å². The second-order valence-electron chi connectivity index (χ2n) is 4.41. The first kappa shape index (κ1) is 11.9. The topological polar surface area (TPSA) is 52.0 Å². The summed E-state index contributed by atoms with van der Waals surface area (Å²) >= 11 is 8.35. The fourth-order valence-corrected chi connectivity index (χ4v) is 3.81. The highest BCUT2D eigenvalue weighted by atomic mass is 35.5. The normalized spacial score (nSPS) is 19.3. The van der Waals surface area contributed by atoms with Gasteiger partial charge in [-0.2, -0.15) is 11.8 Å². The first-order valence-electron chi connectivity index (χ1n) is 5.84. The number of rotatable bonds is 2. The van der Waals surface area contributed by atoms with Crippen LogP contribution in [0.2, 0.25) is 5.02 Å². The Hall–Kier alpha value is -1.13. The molecule has 0 radical (unpaired) electrons. The van der Waals surface area contributed by atoms with Crippen molar-refractivity contribution in [3.05, 3.63) is 34.9 Å².